The molecule has 0 spiro atoms. The summed E-state index contributed by atoms with van der Waals surface area (Å²) in [6.07, 6.45) is 1.38. The molecule has 1 aliphatic rings. The number of hydrogen-bond acceptors (Lipinski definition) is 3. The van der Waals surface area contributed by atoms with E-state index in [0.29, 0.717) is 0 Å². The molecule has 0 fully saturated rings. The molecule has 0 bridgehead atoms. The Bertz CT molecular complexity index is 508. The summed E-state index contributed by atoms with van der Waals surface area (Å²) >= 11 is 4.81. The van der Waals surface area contributed by atoms with Gasteiger partial charge >= 0.3 is 17.9 Å². The molecular formula is C9H5I3O6. The van der Waals surface area contributed by atoms with Gasteiger partial charge in [0.15, 0.2) is 3.42 Å². The zero-order valence-electron chi connectivity index (χ0n) is 8.35. The lowest BCUT2D eigenvalue weighted by Gasteiger charge is -2.33. The second kappa shape index (κ2) is 5.60. The summed E-state index contributed by atoms with van der Waals surface area (Å²) in [5, 5.41) is 27.5. The summed E-state index contributed by atoms with van der Waals surface area (Å²) in [7, 11) is 0. The molecule has 2 unspecified atom stereocenters. The van der Waals surface area contributed by atoms with Gasteiger partial charge in [-0.05, 0) is 51.3 Å². The molecule has 0 saturated carbocycles. The Kier molecular flexibility index (Phi) is 5.02. The number of aliphatic carboxylic acids is 3. The minimum Gasteiger partial charge on any atom is -0.481 e. The SMILES string of the molecule is O=C(O)C1=C(I)C=C(I)C(C(=O)O)C1(I)C(=O)O. The first kappa shape index (κ1) is 16.1. The molecule has 0 aliphatic heterocycles. The van der Waals surface area contributed by atoms with Gasteiger partial charge in [-0.3, -0.25) is 9.59 Å². The van der Waals surface area contributed by atoms with E-state index in [1.54, 1.807) is 45.2 Å². The number of carboxylic acids is 3. The van der Waals surface area contributed by atoms with Crippen molar-refractivity contribution in [3.05, 3.63) is 18.8 Å². The van der Waals surface area contributed by atoms with Gasteiger partial charge in [0.25, 0.3) is 0 Å². The van der Waals surface area contributed by atoms with Crippen LogP contribution >= 0.6 is 67.8 Å². The van der Waals surface area contributed by atoms with Crippen LogP contribution in [0.25, 0.3) is 0 Å². The minimum absolute atomic E-state index is 0.221. The van der Waals surface area contributed by atoms with Crippen LogP contribution in [0.3, 0.4) is 0 Å². The second-order valence-corrected chi connectivity index (χ2v) is 7.45. The van der Waals surface area contributed by atoms with E-state index in [1.165, 1.54) is 28.7 Å². The summed E-state index contributed by atoms with van der Waals surface area (Å²) in [6.45, 7) is 0. The molecule has 9 heteroatoms. The Morgan fingerprint density at radius 1 is 1.17 bits per heavy atom. The summed E-state index contributed by atoms with van der Waals surface area (Å²) in [5.41, 5.74) is -0.413. The summed E-state index contributed by atoms with van der Waals surface area (Å²) < 4.78 is -1.51. The van der Waals surface area contributed by atoms with E-state index in [9.17, 15) is 19.5 Å². The lowest BCUT2D eigenvalue weighted by molar-refractivity contribution is -0.149. The van der Waals surface area contributed by atoms with E-state index in [1.807, 2.05) is 0 Å². The van der Waals surface area contributed by atoms with Crippen molar-refractivity contribution in [3.63, 3.8) is 0 Å². The molecule has 0 aromatic carbocycles. The quantitative estimate of drug-likeness (QED) is 0.343. The monoisotopic (exact) mass is 590 g/mol. The third-order valence-electron chi connectivity index (χ3n) is 2.31. The molecule has 3 N–H and O–H groups in total. The highest BCUT2D eigenvalue weighted by Gasteiger charge is 2.56. The Balaban J connectivity index is 3.64. The third-order valence-corrected chi connectivity index (χ3v) is 5.72. The molecule has 0 heterocycles. The zero-order valence-corrected chi connectivity index (χ0v) is 14.8. The Morgan fingerprint density at radius 3 is 2.00 bits per heavy atom. The number of hydrogen-bond donors (Lipinski definition) is 3. The lowest BCUT2D eigenvalue weighted by atomic mass is 9.82. The maximum Gasteiger partial charge on any atom is 0.334 e. The highest BCUT2D eigenvalue weighted by molar-refractivity contribution is 14.1. The van der Waals surface area contributed by atoms with Crippen LogP contribution in [0.1, 0.15) is 0 Å². The molecule has 6 nitrogen and oxygen atoms in total. The molecule has 0 saturated heterocycles. The maximum atomic E-state index is 11.4. The van der Waals surface area contributed by atoms with Crippen LogP contribution in [0.4, 0.5) is 0 Å². The van der Waals surface area contributed by atoms with E-state index < -0.39 is 32.8 Å². The van der Waals surface area contributed by atoms with Gasteiger partial charge in [-0.25, -0.2) is 4.79 Å². The van der Waals surface area contributed by atoms with Gasteiger partial charge in [-0.2, -0.15) is 0 Å². The van der Waals surface area contributed by atoms with Crippen molar-refractivity contribution in [2.24, 2.45) is 5.92 Å². The highest BCUT2D eigenvalue weighted by atomic mass is 127. The molecule has 0 aromatic rings. The molecule has 0 amide bonds. The first-order chi connectivity index (χ1) is 8.13. The van der Waals surface area contributed by atoms with Crippen LogP contribution < -0.4 is 0 Å². The van der Waals surface area contributed by atoms with Crippen molar-refractivity contribution < 1.29 is 29.7 Å². The third kappa shape index (κ3) is 2.52. The van der Waals surface area contributed by atoms with Crippen LogP contribution in [-0.2, 0) is 14.4 Å². The van der Waals surface area contributed by atoms with Gasteiger partial charge in [0.2, 0.25) is 0 Å². The highest BCUT2D eigenvalue weighted by Crippen LogP contribution is 2.48. The average Bonchev–Trinajstić information content (AvgIpc) is 2.13. The number of alkyl halides is 1. The van der Waals surface area contributed by atoms with Crippen LogP contribution in [-0.4, -0.2) is 36.6 Å². The lowest BCUT2D eigenvalue weighted by Crippen LogP contribution is -2.49. The first-order valence-electron chi connectivity index (χ1n) is 4.29. The van der Waals surface area contributed by atoms with E-state index in [4.69, 9.17) is 10.2 Å². The number of halogens is 3. The van der Waals surface area contributed by atoms with E-state index in [-0.39, 0.29) is 7.16 Å². The van der Waals surface area contributed by atoms with Gasteiger partial charge in [-0.15, -0.1) is 0 Å². The topological polar surface area (TPSA) is 112 Å². The molecule has 0 radical (unpaired) electrons. The predicted molar refractivity (Wildman–Crippen MR) is 86.3 cm³/mol. The van der Waals surface area contributed by atoms with E-state index in [0.717, 1.165) is 0 Å². The summed E-state index contributed by atoms with van der Waals surface area (Å²) in [5.74, 6) is -5.69. The fraction of sp³-hybridized carbons (Fsp3) is 0.222. The van der Waals surface area contributed by atoms with Crippen LogP contribution in [0, 0.1) is 5.92 Å². The Hall–Kier alpha value is 0.0800. The normalized spacial score (nSPS) is 27.7. The second-order valence-electron chi connectivity index (χ2n) is 3.35. The van der Waals surface area contributed by atoms with Gasteiger partial charge < -0.3 is 15.3 Å². The number of carboxylic acid groups (broad SMARTS) is 3. The molecule has 18 heavy (non-hydrogen) atoms. The maximum absolute atomic E-state index is 11.4. The van der Waals surface area contributed by atoms with Crippen molar-refractivity contribution in [2.75, 3.05) is 0 Å². The molecule has 2 atom stereocenters. The van der Waals surface area contributed by atoms with Gasteiger partial charge in [0.1, 0.15) is 5.92 Å². The number of allylic oxidation sites excluding steroid dienone is 2. The van der Waals surface area contributed by atoms with E-state index in [2.05, 4.69) is 0 Å². The zero-order chi connectivity index (χ0) is 14.2. The van der Waals surface area contributed by atoms with Crippen LogP contribution in [0.2, 0.25) is 0 Å². The van der Waals surface area contributed by atoms with Gasteiger partial charge in [0.05, 0.1) is 5.57 Å². The number of carbonyl (C=O) groups is 3. The van der Waals surface area contributed by atoms with E-state index >= 15 is 0 Å². The molecule has 1 aliphatic carbocycles. The fourth-order valence-corrected chi connectivity index (χ4v) is 6.43. The van der Waals surface area contributed by atoms with Crippen LogP contribution in [0.15, 0.2) is 18.8 Å². The van der Waals surface area contributed by atoms with Crippen molar-refractivity contribution in [3.8, 4) is 0 Å². The van der Waals surface area contributed by atoms with Crippen molar-refractivity contribution in [1.82, 2.24) is 0 Å². The number of rotatable bonds is 3. The average molecular weight is 590 g/mol. The molecular weight excluding hydrogens is 585 g/mol. The standard InChI is InChI=1S/C9H5I3O6/c10-2-1-3(11)5(7(15)16)9(12,8(17)18)4(2)6(13)14/h1,4H,(H,13,14)(H,15,16)(H,17,18). The van der Waals surface area contributed by atoms with Gasteiger partial charge in [0, 0.05) is 7.16 Å². The Labute approximate surface area is 142 Å². The van der Waals surface area contributed by atoms with Crippen LogP contribution in [0.5, 0.6) is 0 Å². The smallest absolute Gasteiger partial charge is 0.334 e. The predicted octanol–water partition coefficient (Wildman–Crippen LogP) is 2.05. The van der Waals surface area contributed by atoms with Crippen molar-refractivity contribution in [2.45, 2.75) is 3.42 Å². The van der Waals surface area contributed by atoms with Crippen molar-refractivity contribution >= 4 is 85.7 Å². The van der Waals surface area contributed by atoms with Gasteiger partial charge in [-0.1, -0.05) is 22.6 Å². The molecule has 1 rings (SSSR count). The minimum atomic E-state index is -2.02. The largest absolute Gasteiger partial charge is 0.481 e. The fourth-order valence-electron chi connectivity index (χ4n) is 1.56. The Morgan fingerprint density at radius 2 is 1.67 bits per heavy atom. The molecule has 0 aromatic heterocycles. The first-order valence-corrected chi connectivity index (χ1v) is 7.53. The van der Waals surface area contributed by atoms with Crippen molar-refractivity contribution in [1.29, 1.82) is 0 Å². The summed E-state index contributed by atoms with van der Waals surface area (Å²) in [4.78, 5) is 33.8. The summed E-state index contributed by atoms with van der Waals surface area (Å²) in [6, 6.07) is 0. The molecule has 98 valence electrons.